The number of piperidine rings is 1. The lowest BCUT2D eigenvalue weighted by Gasteiger charge is -2.31. The van der Waals surface area contributed by atoms with Gasteiger partial charge in [-0.1, -0.05) is 24.6 Å². The zero-order valence-corrected chi connectivity index (χ0v) is 11.0. The van der Waals surface area contributed by atoms with Crippen molar-refractivity contribution in [3.8, 4) is 0 Å². The largest absolute Gasteiger partial charge is 0.358 e. The Morgan fingerprint density at radius 2 is 2.00 bits per heavy atom. The predicted molar refractivity (Wildman–Crippen MR) is 72.6 cm³/mol. The number of aromatic nitrogens is 1. The molecular formula is C15H18F2N2. The third-order valence-corrected chi connectivity index (χ3v) is 3.97. The molecule has 0 bridgehead atoms. The number of halogens is 2. The van der Waals surface area contributed by atoms with Crippen LogP contribution in [0.4, 0.5) is 8.78 Å². The fourth-order valence-corrected chi connectivity index (χ4v) is 3.04. The van der Waals surface area contributed by atoms with Gasteiger partial charge in [0.15, 0.2) is 0 Å². The van der Waals surface area contributed by atoms with Crippen molar-refractivity contribution in [2.45, 2.75) is 38.2 Å². The lowest BCUT2D eigenvalue weighted by molar-refractivity contribution is -0.0503. The molecule has 4 heteroatoms. The Bertz CT molecular complexity index is 583. The molecule has 0 amide bonds. The number of para-hydroxylation sites is 1. The summed E-state index contributed by atoms with van der Waals surface area (Å²) < 4.78 is 29.6. The number of nitrogens with one attached hydrogen (secondary N) is 2. The highest BCUT2D eigenvalue weighted by Crippen LogP contribution is 2.40. The molecule has 102 valence electrons. The van der Waals surface area contributed by atoms with Crippen LogP contribution in [0, 0.1) is 6.92 Å². The standard InChI is InChI=1S/C15H18F2N2/c1-10-14(11-6-2-3-7-12(11)19-10)15(16,17)13-8-4-5-9-18-13/h2-3,6-7,13,18-19H,4-5,8-9H2,1H3. The van der Waals surface area contributed by atoms with E-state index in [0.717, 1.165) is 18.4 Å². The first kappa shape index (κ1) is 12.6. The fraction of sp³-hybridized carbons (Fsp3) is 0.467. The first-order valence-corrected chi connectivity index (χ1v) is 6.79. The van der Waals surface area contributed by atoms with Crippen LogP contribution in [0.3, 0.4) is 0 Å². The Hall–Kier alpha value is -1.42. The summed E-state index contributed by atoms with van der Waals surface area (Å²) in [7, 11) is 0. The van der Waals surface area contributed by atoms with Crippen LogP contribution in [-0.4, -0.2) is 17.6 Å². The molecule has 1 saturated heterocycles. The Balaban J connectivity index is 2.09. The van der Waals surface area contributed by atoms with Gasteiger partial charge in [-0.25, -0.2) is 0 Å². The summed E-state index contributed by atoms with van der Waals surface area (Å²) in [5, 5.41) is 3.61. The smallest absolute Gasteiger partial charge is 0.290 e. The highest BCUT2D eigenvalue weighted by Gasteiger charge is 2.44. The van der Waals surface area contributed by atoms with E-state index in [0.29, 0.717) is 24.0 Å². The van der Waals surface area contributed by atoms with Crippen LogP contribution >= 0.6 is 0 Å². The van der Waals surface area contributed by atoms with E-state index in [4.69, 9.17) is 0 Å². The molecule has 0 aliphatic carbocycles. The number of alkyl halides is 2. The van der Waals surface area contributed by atoms with Crippen molar-refractivity contribution in [3.63, 3.8) is 0 Å². The van der Waals surface area contributed by atoms with Crippen LogP contribution < -0.4 is 5.32 Å². The zero-order chi connectivity index (χ0) is 13.5. The van der Waals surface area contributed by atoms with Crippen molar-refractivity contribution in [2.75, 3.05) is 6.54 Å². The molecule has 0 saturated carbocycles. The van der Waals surface area contributed by atoms with Crippen LogP contribution in [0.2, 0.25) is 0 Å². The van der Waals surface area contributed by atoms with E-state index in [2.05, 4.69) is 10.3 Å². The number of hydrogen-bond acceptors (Lipinski definition) is 1. The maximum absolute atomic E-state index is 14.8. The van der Waals surface area contributed by atoms with Crippen LogP contribution in [0.15, 0.2) is 24.3 Å². The minimum Gasteiger partial charge on any atom is -0.358 e. The van der Waals surface area contributed by atoms with Gasteiger partial charge >= 0.3 is 0 Å². The van der Waals surface area contributed by atoms with Gasteiger partial charge in [0.25, 0.3) is 5.92 Å². The lowest BCUT2D eigenvalue weighted by Crippen LogP contribution is -2.46. The third kappa shape index (κ3) is 2.04. The Labute approximate surface area is 111 Å². The summed E-state index contributed by atoms with van der Waals surface area (Å²) >= 11 is 0. The van der Waals surface area contributed by atoms with E-state index in [-0.39, 0.29) is 5.56 Å². The van der Waals surface area contributed by atoms with Crippen LogP contribution in [0.1, 0.15) is 30.5 Å². The molecule has 1 aliphatic rings. The number of aryl methyl sites for hydroxylation is 1. The lowest BCUT2D eigenvalue weighted by atomic mass is 9.92. The van der Waals surface area contributed by atoms with Gasteiger partial charge in [-0.05, 0) is 32.4 Å². The molecule has 2 aromatic rings. The minimum absolute atomic E-state index is 0.155. The average molecular weight is 264 g/mol. The minimum atomic E-state index is -2.83. The molecule has 0 radical (unpaired) electrons. The second-order valence-electron chi connectivity index (χ2n) is 5.30. The maximum Gasteiger partial charge on any atom is 0.290 e. The summed E-state index contributed by atoms with van der Waals surface area (Å²) in [4.78, 5) is 3.06. The van der Waals surface area contributed by atoms with Gasteiger partial charge in [0.2, 0.25) is 0 Å². The van der Waals surface area contributed by atoms with Gasteiger partial charge in [0.1, 0.15) is 0 Å². The molecule has 1 unspecified atom stereocenters. The molecule has 2 nitrogen and oxygen atoms in total. The predicted octanol–water partition coefficient (Wildman–Crippen LogP) is 3.71. The maximum atomic E-state index is 14.8. The van der Waals surface area contributed by atoms with E-state index < -0.39 is 12.0 Å². The Kier molecular flexibility index (Phi) is 3.05. The molecule has 19 heavy (non-hydrogen) atoms. The number of H-pyrrole nitrogens is 1. The highest BCUT2D eigenvalue weighted by molar-refractivity contribution is 5.85. The molecule has 1 aromatic heterocycles. The fourth-order valence-electron chi connectivity index (χ4n) is 3.04. The van der Waals surface area contributed by atoms with Gasteiger partial charge in [-0.15, -0.1) is 0 Å². The van der Waals surface area contributed by atoms with Crippen molar-refractivity contribution < 1.29 is 8.78 Å². The Morgan fingerprint density at radius 1 is 1.21 bits per heavy atom. The summed E-state index contributed by atoms with van der Waals surface area (Å²) in [6, 6.07) is 6.53. The number of aromatic amines is 1. The molecule has 1 aromatic carbocycles. The van der Waals surface area contributed by atoms with Gasteiger partial charge in [0.05, 0.1) is 11.6 Å². The Morgan fingerprint density at radius 3 is 2.74 bits per heavy atom. The molecular weight excluding hydrogens is 246 g/mol. The summed E-state index contributed by atoms with van der Waals surface area (Å²) in [5.41, 5.74) is 1.51. The van der Waals surface area contributed by atoms with Gasteiger partial charge < -0.3 is 10.3 Å². The molecule has 3 rings (SSSR count). The molecule has 0 spiro atoms. The topological polar surface area (TPSA) is 27.8 Å². The van der Waals surface area contributed by atoms with Crippen molar-refractivity contribution in [1.29, 1.82) is 0 Å². The SMILES string of the molecule is Cc1[nH]c2ccccc2c1C(F)(F)C1CCCCN1. The molecule has 2 heterocycles. The van der Waals surface area contributed by atoms with E-state index in [9.17, 15) is 8.78 Å². The van der Waals surface area contributed by atoms with E-state index in [1.54, 1.807) is 13.0 Å². The van der Waals surface area contributed by atoms with Gasteiger partial charge in [-0.3, -0.25) is 0 Å². The third-order valence-electron chi connectivity index (χ3n) is 3.97. The van der Waals surface area contributed by atoms with Crippen molar-refractivity contribution in [2.24, 2.45) is 0 Å². The van der Waals surface area contributed by atoms with Crippen molar-refractivity contribution in [1.82, 2.24) is 10.3 Å². The first-order chi connectivity index (χ1) is 9.10. The zero-order valence-electron chi connectivity index (χ0n) is 11.0. The first-order valence-electron chi connectivity index (χ1n) is 6.79. The number of rotatable bonds is 2. The summed E-state index contributed by atoms with van der Waals surface area (Å²) in [6.45, 7) is 2.41. The monoisotopic (exact) mass is 264 g/mol. The van der Waals surface area contributed by atoms with Crippen molar-refractivity contribution in [3.05, 3.63) is 35.5 Å². The van der Waals surface area contributed by atoms with Crippen molar-refractivity contribution >= 4 is 10.9 Å². The van der Waals surface area contributed by atoms with E-state index >= 15 is 0 Å². The molecule has 1 atom stereocenters. The average Bonchev–Trinajstić information content (AvgIpc) is 2.76. The second kappa shape index (κ2) is 4.60. The van der Waals surface area contributed by atoms with Gasteiger partial charge in [-0.2, -0.15) is 8.78 Å². The summed E-state index contributed by atoms with van der Waals surface area (Å²) in [6.07, 6.45) is 2.39. The number of benzene rings is 1. The quantitative estimate of drug-likeness (QED) is 0.850. The highest BCUT2D eigenvalue weighted by atomic mass is 19.3. The van der Waals surface area contributed by atoms with E-state index in [1.807, 2.05) is 18.2 Å². The second-order valence-corrected chi connectivity index (χ2v) is 5.30. The molecule has 1 fully saturated rings. The van der Waals surface area contributed by atoms with E-state index in [1.165, 1.54) is 0 Å². The molecule has 2 N–H and O–H groups in total. The van der Waals surface area contributed by atoms with Crippen LogP contribution in [0.5, 0.6) is 0 Å². The summed E-state index contributed by atoms with van der Waals surface area (Å²) in [5.74, 6) is -2.83. The van der Waals surface area contributed by atoms with Crippen LogP contribution in [0.25, 0.3) is 10.9 Å². The molecule has 1 aliphatic heterocycles. The number of hydrogen-bond donors (Lipinski definition) is 2. The normalized spacial score (nSPS) is 20.9. The van der Waals surface area contributed by atoms with Gasteiger partial charge in [0, 0.05) is 16.6 Å². The number of fused-ring (bicyclic) bond motifs is 1. The van der Waals surface area contributed by atoms with Crippen LogP contribution in [-0.2, 0) is 5.92 Å².